The summed E-state index contributed by atoms with van der Waals surface area (Å²) in [6, 6.07) is 18.3. The van der Waals surface area contributed by atoms with E-state index in [0.29, 0.717) is 17.2 Å². The molecule has 30 heavy (non-hydrogen) atoms. The Morgan fingerprint density at radius 3 is 2.37 bits per heavy atom. The maximum atomic E-state index is 13.3. The Labute approximate surface area is 177 Å². The van der Waals surface area contributed by atoms with E-state index in [9.17, 15) is 4.79 Å². The smallest absolute Gasteiger partial charge is 0.254 e. The molecular weight excluding hydrogens is 374 g/mol. The highest BCUT2D eigenvalue weighted by Gasteiger charge is 2.29. The fourth-order valence-electron chi connectivity index (χ4n) is 4.72. The quantitative estimate of drug-likeness (QED) is 0.635. The van der Waals surface area contributed by atoms with Crippen LogP contribution in [-0.2, 0) is 0 Å². The summed E-state index contributed by atoms with van der Waals surface area (Å²) < 4.78 is 6.03. The number of oxazole rings is 1. The predicted molar refractivity (Wildman–Crippen MR) is 117 cm³/mol. The second kappa shape index (κ2) is 8.44. The van der Waals surface area contributed by atoms with Crippen molar-refractivity contribution in [1.82, 2.24) is 14.8 Å². The summed E-state index contributed by atoms with van der Waals surface area (Å²) in [5, 5.41) is 0. The van der Waals surface area contributed by atoms with Gasteiger partial charge in [-0.05, 0) is 25.0 Å². The molecule has 2 heterocycles. The minimum absolute atomic E-state index is 0.0659. The van der Waals surface area contributed by atoms with Crippen LogP contribution in [0.3, 0.4) is 0 Å². The zero-order chi connectivity index (χ0) is 20.3. The van der Waals surface area contributed by atoms with Gasteiger partial charge in [0.1, 0.15) is 0 Å². The van der Waals surface area contributed by atoms with Crippen LogP contribution < -0.4 is 0 Å². The van der Waals surface area contributed by atoms with Crippen molar-refractivity contribution in [3.8, 4) is 22.8 Å². The van der Waals surface area contributed by atoms with Gasteiger partial charge in [0.15, 0.2) is 5.76 Å². The highest BCUT2D eigenvalue weighted by molar-refractivity contribution is 6.00. The molecule has 5 heteroatoms. The van der Waals surface area contributed by atoms with Gasteiger partial charge in [-0.2, -0.15) is 0 Å². The maximum absolute atomic E-state index is 13.3. The second-order valence-corrected chi connectivity index (χ2v) is 8.21. The molecule has 0 N–H and O–H groups in total. The van der Waals surface area contributed by atoms with E-state index in [1.165, 1.54) is 25.7 Å². The number of rotatable bonds is 4. The van der Waals surface area contributed by atoms with Gasteiger partial charge in [-0.25, -0.2) is 4.98 Å². The molecule has 5 nitrogen and oxygen atoms in total. The van der Waals surface area contributed by atoms with Crippen molar-refractivity contribution < 1.29 is 9.21 Å². The van der Waals surface area contributed by atoms with Gasteiger partial charge >= 0.3 is 0 Å². The summed E-state index contributed by atoms with van der Waals surface area (Å²) in [5.41, 5.74) is 2.39. The van der Waals surface area contributed by atoms with Crippen LogP contribution in [0.5, 0.6) is 0 Å². The van der Waals surface area contributed by atoms with Crippen molar-refractivity contribution in [2.24, 2.45) is 0 Å². The summed E-state index contributed by atoms with van der Waals surface area (Å²) in [7, 11) is 0. The van der Waals surface area contributed by atoms with Crippen LogP contribution in [0.25, 0.3) is 22.8 Å². The highest BCUT2D eigenvalue weighted by atomic mass is 16.4. The molecule has 0 spiro atoms. The normalized spacial score (nSPS) is 18.1. The molecule has 1 amide bonds. The largest absolute Gasteiger partial charge is 0.436 e. The average Bonchev–Trinajstić information content (AvgIpc) is 3.52. The summed E-state index contributed by atoms with van der Waals surface area (Å²) in [4.78, 5) is 22.4. The molecule has 2 aromatic carbocycles. The molecule has 2 aliphatic rings. The first-order valence-electron chi connectivity index (χ1n) is 10.9. The van der Waals surface area contributed by atoms with Gasteiger partial charge in [-0.3, -0.25) is 9.69 Å². The second-order valence-electron chi connectivity index (χ2n) is 8.21. The summed E-state index contributed by atoms with van der Waals surface area (Å²) >= 11 is 0. The lowest BCUT2D eigenvalue weighted by atomic mass is 10.1. The third-order valence-corrected chi connectivity index (χ3v) is 6.39. The van der Waals surface area contributed by atoms with Gasteiger partial charge in [0, 0.05) is 43.3 Å². The maximum Gasteiger partial charge on any atom is 0.254 e. The SMILES string of the molecule is O=C(c1ccccc1-c1ncc(-c2ccccc2)o1)N1CCN(C2CCCC2)CC1. The fraction of sp³-hybridized carbons (Fsp3) is 0.360. The molecule has 0 unspecified atom stereocenters. The van der Waals surface area contributed by atoms with Crippen molar-refractivity contribution in [2.45, 2.75) is 31.7 Å². The lowest BCUT2D eigenvalue weighted by molar-refractivity contribution is 0.0574. The Bertz CT molecular complexity index is 1000. The first-order valence-corrected chi connectivity index (χ1v) is 10.9. The minimum atomic E-state index is 0.0659. The number of carbonyl (C=O) groups excluding carboxylic acids is 1. The molecule has 154 valence electrons. The van der Waals surface area contributed by atoms with Gasteiger partial charge in [-0.15, -0.1) is 0 Å². The lowest BCUT2D eigenvalue weighted by Crippen LogP contribution is -2.51. The number of benzene rings is 2. The Morgan fingerprint density at radius 2 is 1.60 bits per heavy atom. The van der Waals surface area contributed by atoms with Crippen LogP contribution in [0.4, 0.5) is 0 Å². The number of piperazine rings is 1. The van der Waals surface area contributed by atoms with Crippen molar-refractivity contribution in [1.29, 1.82) is 0 Å². The third-order valence-electron chi connectivity index (χ3n) is 6.39. The first kappa shape index (κ1) is 19.1. The van der Waals surface area contributed by atoms with Gasteiger partial charge in [0.2, 0.25) is 5.89 Å². The topological polar surface area (TPSA) is 49.6 Å². The Hall–Kier alpha value is -2.92. The van der Waals surface area contributed by atoms with Crippen LogP contribution in [0, 0.1) is 0 Å². The standard InChI is InChI=1S/C25H27N3O2/c29-25(28-16-14-27(15-17-28)20-10-4-5-11-20)22-13-7-6-12-21(22)24-26-18-23(30-24)19-8-2-1-3-9-19/h1-3,6-9,12-13,18,20H,4-5,10-11,14-17H2. The number of nitrogens with zero attached hydrogens (tertiary/aromatic N) is 3. The van der Waals surface area contributed by atoms with Crippen LogP contribution in [0.15, 0.2) is 65.2 Å². The Balaban J connectivity index is 1.34. The third kappa shape index (κ3) is 3.77. The summed E-state index contributed by atoms with van der Waals surface area (Å²) in [5.74, 6) is 1.26. The molecule has 0 atom stereocenters. The van der Waals surface area contributed by atoms with E-state index in [4.69, 9.17) is 4.42 Å². The highest BCUT2D eigenvalue weighted by Crippen LogP contribution is 2.29. The molecule has 0 bridgehead atoms. The molecule has 2 fully saturated rings. The molecule has 5 rings (SSSR count). The molecule has 1 aromatic heterocycles. The molecule has 1 aliphatic carbocycles. The van der Waals surface area contributed by atoms with E-state index < -0.39 is 0 Å². The van der Waals surface area contributed by atoms with Crippen LogP contribution in [-0.4, -0.2) is 52.9 Å². The molecule has 3 aromatic rings. The number of aromatic nitrogens is 1. The number of amides is 1. The van der Waals surface area contributed by atoms with E-state index >= 15 is 0 Å². The van der Waals surface area contributed by atoms with Crippen LogP contribution in [0.1, 0.15) is 36.0 Å². The number of hydrogen-bond donors (Lipinski definition) is 0. The van der Waals surface area contributed by atoms with Gasteiger partial charge in [0.25, 0.3) is 5.91 Å². The fourth-order valence-corrected chi connectivity index (χ4v) is 4.72. The summed E-state index contributed by atoms with van der Waals surface area (Å²) in [6.45, 7) is 3.50. The number of carbonyl (C=O) groups is 1. The van der Waals surface area contributed by atoms with Gasteiger partial charge in [0.05, 0.1) is 11.8 Å². The van der Waals surface area contributed by atoms with Crippen molar-refractivity contribution in [2.75, 3.05) is 26.2 Å². The van der Waals surface area contributed by atoms with E-state index in [1.807, 2.05) is 59.5 Å². The minimum Gasteiger partial charge on any atom is -0.436 e. The van der Waals surface area contributed by atoms with Crippen LogP contribution >= 0.6 is 0 Å². The average molecular weight is 402 g/mol. The Morgan fingerprint density at radius 1 is 0.900 bits per heavy atom. The molecule has 1 saturated heterocycles. The van der Waals surface area contributed by atoms with Crippen molar-refractivity contribution in [3.63, 3.8) is 0 Å². The first-order chi connectivity index (χ1) is 14.8. The molecule has 1 saturated carbocycles. The monoisotopic (exact) mass is 401 g/mol. The van der Waals surface area contributed by atoms with E-state index in [1.54, 1.807) is 6.20 Å². The van der Waals surface area contributed by atoms with E-state index in [0.717, 1.165) is 43.3 Å². The molecular formula is C25H27N3O2. The van der Waals surface area contributed by atoms with Gasteiger partial charge < -0.3 is 9.32 Å². The van der Waals surface area contributed by atoms with Gasteiger partial charge in [-0.1, -0.05) is 55.3 Å². The van der Waals surface area contributed by atoms with Crippen molar-refractivity contribution >= 4 is 5.91 Å². The zero-order valence-corrected chi connectivity index (χ0v) is 17.2. The molecule has 1 aliphatic heterocycles. The predicted octanol–water partition coefficient (Wildman–Crippen LogP) is 4.71. The summed E-state index contributed by atoms with van der Waals surface area (Å²) in [6.07, 6.45) is 7.04. The van der Waals surface area contributed by atoms with E-state index in [-0.39, 0.29) is 5.91 Å². The van der Waals surface area contributed by atoms with E-state index in [2.05, 4.69) is 9.88 Å². The molecule has 0 radical (unpaired) electrons. The number of hydrogen-bond acceptors (Lipinski definition) is 4. The van der Waals surface area contributed by atoms with Crippen molar-refractivity contribution in [3.05, 3.63) is 66.4 Å². The lowest BCUT2D eigenvalue weighted by Gasteiger charge is -2.38. The van der Waals surface area contributed by atoms with Crippen LogP contribution in [0.2, 0.25) is 0 Å². The Kier molecular flexibility index (Phi) is 5.37. The zero-order valence-electron chi connectivity index (χ0n) is 17.2.